The second-order valence-electron chi connectivity index (χ2n) is 5.63. The number of hydrogen-bond acceptors (Lipinski definition) is 4. The van der Waals surface area contributed by atoms with Crippen LogP contribution in [0.2, 0.25) is 0 Å². The Labute approximate surface area is 112 Å². The first kappa shape index (κ1) is 12.6. The van der Waals surface area contributed by atoms with Crippen LogP contribution in [0, 0.1) is 5.92 Å². The fourth-order valence-corrected chi connectivity index (χ4v) is 2.71. The summed E-state index contributed by atoms with van der Waals surface area (Å²) in [4.78, 5) is 18.5. The van der Waals surface area contributed by atoms with E-state index in [9.17, 15) is 4.79 Å². The van der Waals surface area contributed by atoms with Crippen LogP contribution in [0.4, 0.5) is 0 Å². The highest BCUT2D eigenvalue weighted by atomic mass is 16.2. The molecule has 2 heterocycles. The van der Waals surface area contributed by atoms with Crippen LogP contribution >= 0.6 is 0 Å². The third kappa shape index (κ3) is 2.78. The fourth-order valence-electron chi connectivity index (χ4n) is 2.71. The van der Waals surface area contributed by atoms with Gasteiger partial charge in [0.15, 0.2) is 0 Å². The van der Waals surface area contributed by atoms with Crippen LogP contribution in [0.15, 0.2) is 0 Å². The van der Waals surface area contributed by atoms with Gasteiger partial charge >= 0.3 is 0 Å². The number of piperidine rings is 1. The fraction of sp³-hybridized carbons (Fsp3) is 0.769. The Morgan fingerprint density at radius 1 is 1.32 bits per heavy atom. The Morgan fingerprint density at radius 3 is 2.68 bits per heavy atom. The van der Waals surface area contributed by atoms with Crippen molar-refractivity contribution in [3.05, 3.63) is 11.6 Å². The molecule has 3 N–H and O–H groups in total. The minimum absolute atomic E-state index is 0.0330. The molecule has 0 aromatic carbocycles. The van der Waals surface area contributed by atoms with Crippen LogP contribution < -0.4 is 5.73 Å². The lowest BCUT2D eigenvalue weighted by molar-refractivity contribution is 0.0676. The first-order valence-corrected chi connectivity index (χ1v) is 7.19. The molecule has 1 aliphatic carbocycles. The summed E-state index contributed by atoms with van der Waals surface area (Å²) >= 11 is 0. The Morgan fingerprint density at radius 2 is 2.05 bits per heavy atom. The van der Waals surface area contributed by atoms with Gasteiger partial charge in [0.25, 0.3) is 5.91 Å². The summed E-state index contributed by atoms with van der Waals surface area (Å²) in [5, 5.41) is 6.95. The zero-order chi connectivity index (χ0) is 13.2. The molecule has 6 heteroatoms. The maximum absolute atomic E-state index is 12.3. The number of rotatable bonds is 4. The molecule has 1 aromatic heterocycles. The van der Waals surface area contributed by atoms with E-state index in [1.807, 2.05) is 4.90 Å². The average molecular weight is 263 g/mol. The summed E-state index contributed by atoms with van der Waals surface area (Å²) < 4.78 is 0. The van der Waals surface area contributed by atoms with Crippen molar-refractivity contribution >= 4 is 5.91 Å². The molecule has 0 atom stereocenters. The molecule has 0 spiro atoms. The molecule has 0 bridgehead atoms. The van der Waals surface area contributed by atoms with Crippen molar-refractivity contribution in [1.29, 1.82) is 0 Å². The molecule has 1 saturated heterocycles. The highest BCUT2D eigenvalue weighted by Crippen LogP contribution is 2.37. The molecule has 104 valence electrons. The van der Waals surface area contributed by atoms with E-state index in [1.54, 1.807) is 0 Å². The van der Waals surface area contributed by atoms with E-state index in [0.29, 0.717) is 17.7 Å². The quantitative estimate of drug-likeness (QED) is 0.844. The maximum Gasteiger partial charge on any atom is 0.293 e. The van der Waals surface area contributed by atoms with E-state index in [4.69, 9.17) is 5.73 Å². The number of hydrogen-bond donors (Lipinski definition) is 2. The highest BCUT2D eigenvalue weighted by molar-refractivity contribution is 5.90. The number of amides is 1. The van der Waals surface area contributed by atoms with Gasteiger partial charge in [-0.3, -0.25) is 9.89 Å². The zero-order valence-corrected chi connectivity index (χ0v) is 11.1. The van der Waals surface area contributed by atoms with E-state index in [2.05, 4.69) is 15.2 Å². The standard InChI is InChI=1S/C13H21N5O/c14-6-3-9-4-7-18(8-5-9)13(19)12-15-11(16-17-12)10-1-2-10/h9-10H,1-8,14H2,(H,15,16,17). The van der Waals surface area contributed by atoms with Crippen molar-refractivity contribution in [3.8, 4) is 0 Å². The van der Waals surface area contributed by atoms with E-state index in [-0.39, 0.29) is 5.91 Å². The SMILES string of the molecule is NCCC1CCN(C(=O)c2n[nH]c(C3CC3)n2)CC1. The average Bonchev–Trinajstić information content (AvgIpc) is 3.17. The van der Waals surface area contributed by atoms with Gasteiger partial charge in [0, 0.05) is 19.0 Å². The van der Waals surface area contributed by atoms with Gasteiger partial charge in [-0.15, -0.1) is 5.10 Å². The Balaban J connectivity index is 1.57. The number of nitrogens with two attached hydrogens (primary N) is 1. The molecule has 0 radical (unpaired) electrons. The van der Waals surface area contributed by atoms with Crippen molar-refractivity contribution in [2.45, 2.75) is 38.0 Å². The van der Waals surface area contributed by atoms with Gasteiger partial charge in [0.1, 0.15) is 5.82 Å². The molecule has 19 heavy (non-hydrogen) atoms. The van der Waals surface area contributed by atoms with Crippen molar-refractivity contribution in [3.63, 3.8) is 0 Å². The number of H-pyrrole nitrogens is 1. The van der Waals surface area contributed by atoms with Crippen LogP contribution in [0.5, 0.6) is 0 Å². The molecule has 2 aliphatic rings. The molecule has 1 saturated carbocycles. The van der Waals surface area contributed by atoms with Gasteiger partial charge in [-0.2, -0.15) is 0 Å². The Kier molecular flexibility index (Phi) is 3.50. The summed E-state index contributed by atoms with van der Waals surface area (Å²) in [5.74, 6) is 2.35. The minimum Gasteiger partial charge on any atom is -0.336 e. The molecule has 1 aliphatic heterocycles. The van der Waals surface area contributed by atoms with Crippen LogP contribution in [-0.4, -0.2) is 45.6 Å². The normalized spacial score (nSPS) is 20.8. The van der Waals surface area contributed by atoms with Gasteiger partial charge in [0.05, 0.1) is 0 Å². The summed E-state index contributed by atoms with van der Waals surface area (Å²) in [5.41, 5.74) is 5.58. The lowest BCUT2D eigenvalue weighted by Gasteiger charge is -2.31. The Hall–Kier alpha value is -1.43. The van der Waals surface area contributed by atoms with E-state index in [1.165, 1.54) is 0 Å². The van der Waals surface area contributed by atoms with E-state index < -0.39 is 0 Å². The number of aromatic amines is 1. The number of carbonyl (C=O) groups is 1. The van der Waals surface area contributed by atoms with Crippen molar-refractivity contribution in [1.82, 2.24) is 20.1 Å². The monoisotopic (exact) mass is 263 g/mol. The number of likely N-dealkylation sites (tertiary alicyclic amines) is 1. The van der Waals surface area contributed by atoms with E-state index >= 15 is 0 Å². The van der Waals surface area contributed by atoms with Gasteiger partial charge in [-0.1, -0.05) is 0 Å². The first-order valence-electron chi connectivity index (χ1n) is 7.19. The molecular weight excluding hydrogens is 242 g/mol. The number of nitrogens with one attached hydrogen (secondary N) is 1. The molecule has 2 fully saturated rings. The first-order chi connectivity index (χ1) is 9.28. The molecular formula is C13H21N5O. The van der Waals surface area contributed by atoms with Gasteiger partial charge in [-0.05, 0) is 44.6 Å². The summed E-state index contributed by atoms with van der Waals surface area (Å²) in [6, 6.07) is 0. The third-order valence-corrected chi connectivity index (χ3v) is 4.13. The largest absolute Gasteiger partial charge is 0.336 e. The van der Waals surface area contributed by atoms with Crippen LogP contribution in [0.3, 0.4) is 0 Å². The highest BCUT2D eigenvalue weighted by Gasteiger charge is 2.30. The second-order valence-corrected chi connectivity index (χ2v) is 5.63. The van der Waals surface area contributed by atoms with Crippen molar-refractivity contribution in [2.75, 3.05) is 19.6 Å². The molecule has 0 unspecified atom stereocenters. The van der Waals surface area contributed by atoms with Crippen LogP contribution in [0.1, 0.15) is 54.5 Å². The number of carbonyl (C=O) groups excluding carboxylic acids is 1. The predicted molar refractivity (Wildman–Crippen MR) is 70.7 cm³/mol. The van der Waals surface area contributed by atoms with Gasteiger partial charge < -0.3 is 10.6 Å². The van der Waals surface area contributed by atoms with Gasteiger partial charge in [-0.25, -0.2) is 4.98 Å². The molecule has 3 rings (SSSR count). The third-order valence-electron chi connectivity index (χ3n) is 4.13. The number of nitrogens with zero attached hydrogens (tertiary/aromatic N) is 3. The summed E-state index contributed by atoms with van der Waals surface area (Å²) in [6.45, 7) is 2.35. The second kappa shape index (κ2) is 5.28. The molecule has 1 aromatic rings. The number of aromatic nitrogens is 3. The van der Waals surface area contributed by atoms with Crippen molar-refractivity contribution < 1.29 is 4.79 Å². The summed E-state index contributed by atoms with van der Waals surface area (Å²) in [6.07, 6.45) is 5.47. The molecule has 1 amide bonds. The van der Waals surface area contributed by atoms with Gasteiger partial charge in [0.2, 0.25) is 5.82 Å². The van der Waals surface area contributed by atoms with Crippen LogP contribution in [-0.2, 0) is 0 Å². The lowest BCUT2D eigenvalue weighted by atomic mass is 9.93. The minimum atomic E-state index is -0.0330. The van der Waals surface area contributed by atoms with E-state index in [0.717, 1.165) is 57.6 Å². The summed E-state index contributed by atoms with van der Waals surface area (Å²) in [7, 11) is 0. The topological polar surface area (TPSA) is 87.9 Å². The van der Waals surface area contributed by atoms with Crippen molar-refractivity contribution in [2.24, 2.45) is 11.7 Å². The predicted octanol–water partition coefficient (Wildman–Crippen LogP) is 0.883. The Bertz CT molecular complexity index is 446. The van der Waals surface area contributed by atoms with Crippen LogP contribution in [0.25, 0.3) is 0 Å². The molecule has 6 nitrogen and oxygen atoms in total. The zero-order valence-electron chi connectivity index (χ0n) is 11.1. The smallest absolute Gasteiger partial charge is 0.293 e. The lowest BCUT2D eigenvalue weighted by Crippen LogP contribution is -2.39. The maximum atomic E-state index is 12.3.